The number of thiophene rings is 1. The molecule has 1 amide bonds. The summed E-state index contributed by atoms with van der Waals surface area (Å²) in [4.78, 5) is 18.2. The molecule has 0 aliphatic carbocycles. The molecule has 2 fully saturated rings. The number of carbonyl (C=O) groups is 1. The predicted molar refractivity (Wildman–Crippen MR) is 119 cm³/mol. The number of likely N-dealkylation sites (tertiary alicyclic amines) is 2. The van der Waals surface area contributed by atoms with Crippen LogP contribution < -0.4 is 10.5 Å². The van der Waals surface area contributed by atoms with E-state index in [4.69, 9.17) is 5.73 Å². The number of ether oxygens (including phenoxy) is 1. The van der Waals surface area contributed by atoms with Crippen molar-refractivity contribution in [2.45, 2.75) is 44.5 Å². The van der Waals surface area contributed by atoms with Crippen LogP contribution in [0.2, 0.25) is 0 Å². The number of rotatable bonds is 4. The van der Waals surface area contributed by atoms with Crippen molar-refractivity contribution in [2.75, 3.05) is 33.2 Å². The van der Waals surface area contributed by atoms with E-state index >= 15 is 0 Å². The lowest BCUT2D eigenvalue weighted by molar-refractivity contribution is -0.275. The minimum atomic E-state index is -4.76. The molecule has 2 N–H and O–H groups in total. The molecule has 3 heterocycles. The maximum Gasteiger partial charge on any atom is 0.573 e. The number of hydrogen-bond acceptors (Lipinski definition) is 5. The van der Waals surface area contributed by atoms with Crippen molar-refractivity contribution in [1.82, 2.24) is 9.80 Å². The van der Waals surface area contributed by atoms with Crippen LogP contribution in [-0.4, -0.2) is 61.3 Å². The second-order valence-corrected chi connectivity index (χ2v) is 9.85. The quantitative estimate of drug-likeness (QED) is 0.714. The Morgan fingerprint density at radius 1 is 1.16 bits per heavy atom. The molecule has 0 unspecified atom stereocenters. The number of benzene rings is 1. The molecule has 9 heteroatoms. The normalized spacial score (nSPS) is 20.7. The van der Waals surface area contributed by atoms with E-state index < -0.39 is 6.36 Å². The van der Waals surface area contributed by atoms with E-state index in [9.17, 15) is 18.0 Å². The maximum absolute atomic E-state index is 13.2. The Morgan fingerprint density at radius 2 is 1.88 bits per heavy atom. The van der Waals surface area contributed by atoms with Crippen LogP contribution in [0.15, 0.2) is 24.3 Å². The standard InChI is InChI=1S/C23H28F3N3O2S/c1-14-11-20(32-21(14)22(30)29-10-7-17(27)13-29)16-3-4-18(15-5-8-28(2)9-6-15)19(12-16)31-23(24,25)26/h3-4,11-12,15,17H,5-10,13,27H2,1-2H3/t17-/m0/s1. The smallest absolute Gasteiger partial charge is 0.405 e. The monoisotopic (exact) mass is 467 g/mol. The molecule has 1 aromatic heterocycles. The lowest BCUT2D eigenvalue weighted by atomic mass is 9.88. The molecule has 0 saturated carbocycles. The summed E-state index contributed by atoms with van der Waals surface area (Å²) >= 11 is 1.30. The molecule has 4 rings (SSSR count). The summed E-state index contributed by atoms with van der Waals surface area (Å²) in [5.41, 5.74) is 7.95. The van der Waals surface area contributed by atoms with Gasteiger partial charge in [0.2, 0.25) is 0 Å². The Bertz CT molecular complexity index is 983. The average molecular weight is 468 g/mol. The van der Waals surface area contributed by atoms with Crippen LogP contribution >= 0.6 is 11.3 Å². The first-order valence-electron chi connectivity index (χ1n) is 10.8. The highest BCUT2D eigenvalue weighted by Gasteiger charge is 2.34. The molecule has 2 aromatic rings. The fraction of sp³-hybridized carbons (Fsp3) is 0.522. The number of carbonyl (C=O) groups excluding carboxylic acids is 1. The van der Waals surface area contributed by atoms with Gasteiger partial charge in [0.05, 0.1) is 4.88 Å². The minimum Gasteiger partial charge on any atom is -0.405 e. The van der Waals surface area contributed by atoms with Gasteiger partial charge in [0.15, 0.2) is 0 Å². The highest BCUT2D eigenvalue weighted by molar-refractivity contribution is 7.17. The molecule has 2 aliphatic heterocycles. The van der Waals surface area contributed by atoms with E-state index in [1.807, 2.05) is 26.1 Å². The Labute approximate surface area is 189 Å². The SMILES string of the molecule is Cc1cc(-c2ccc(C3CCN(C)CC3)c(OC(F)(F)F)c2)sc1C(=O)N1CC[C@H](N)C1. The number of alkyl halides is 3. The number of amides is 1. The van der Waals surface area contributed by atoms with Crippen molar-refractivity contribution in [3.63, 3.8) is 0 Å². The molecule has 2 aliphatic rings. The minimum absolute atomic E-state index is 0.00659. The van der Waals surface area contributed by atoms with Gasteiger partial charge in [0, 0.05) is 24.0 Å². The van der Waals surface area contributed by atoms with E-state index in [0.717, 1.165) is 42.8 Å². The molecule has 1 aromatic carbocycles. The van der Waals surface area contributed by atoms with Gasteiger partial charge in [0.1, 0.15) is 5.75 Å². The second-order valence-electron chi connectivity index (χ2n) is 8.80. The molecule has 0 radical (unpaired) electrons. The Hall–Kier alpha value is -2.10. The third kappa shape index (κ3) is 5.10. The number of nitrogens with two attached hydrogens (primary N) is 1. The van der Waals surface area contributed by atoms with E-state index in [1.165, 1.54) is 17.4 Å². The van der Waals surface area contributed by atoms with Crippen LogP contribution in [-0.2, 0) is 0 Å². The zero-order valence-electron chi connectivity index (χ0n) is 18.2. The van der Waals surface area contributed by atoms with Gasteiger partial charge in [-0.2, -0.15) is 0 Å². The summed E-state index contributed by atoms with van der Waals surface area (Å²) in [7, 11) is 2.01. The second kappa shape index (κ2) is 9.03. The van der Waals surface area contributed by atoms with E-state index in [1.54, 1.807) is 11.0 Å². The molecule has 1 atom stereocenters. The number of piperidine rings is 1. The third-order valence-electron chi connectivity index (χ3n) is 6.31. The molecular formula is C23H28F3N3O2S. The highest BCUT2D eigenvalue weighted by Crippen LogP contribution is 2.41. The van der Waals surface area contributed by atoms with Gasteiger partial charge in [-0.3, -0.25) is 4.79 Å². The summed E-state index contributed by atoms with van der Waals surface area (Å²) in [5.74, 6) is -0.186. The van der Waals surface area contributed by atoms with E-state index in [2.05, 4.69) is 9.64 Å². The number of halogens is 3. The molecule has 5 nitrogen and oxygen atoms in total. The summed E-state index contributed by atoms with van der Waals surface area (Å²) in [5, 5.41) is 0. The van der Waals surface area contributed by atoms with Crippen LogP contribution in [0.1, 0.15) is 46.0 Å². The molecule has 0 spiro atoms. The van der Waals surface area contributed by atoms with Crippen LogP contribution in [0, 0.1) is 6.92 Å². The Kier molecular flexibility index (Phi) is 6.51. The molecule has 32 heavy (non-hydrogen) atoms. The van der Waals surface area contributed by atoms with Crippen LogP contribution in [0.5, 0.6) is 5.75 Å². The average Bonchev–Trinajstić information content (AvgIpc) is 3.33. The number of hydrogen-bond donors (Lipinski definition) is 1. The zero-order chi connectivity index (χ0) is 23.0. The first-order chi connectivity index (χ1) is 15.1. The van der Waals surface area contributed by atoms with Crippen molar-refractivity contribution >= 4 is 17.2 Å². The van der Waals surface area contributed by atoms with Crippen LogP contribution in [0.3, 0.4) is 0 Å². The topological polar surface area (TPSA) is 58.8 Å². The van der Waals surface area contributed by atoms with E-state index in [-0.39, 0.29) is 23.6 Å². The lowest BCUT2D eigenvalue weighted by Gasteiger charge is -2.30. The Morgan fingerprint density at radius 3 is 2.50 bits per heavy atom. The molecule has 0 bridgehead atoms. The predicted octanol–water partition coefficient (Wildman–Crippen LogP) is 4.60. The van der Waals surface area contributed by atoms with Crippen molar-refractivity contribution in [1.29, 1.82) is 0 Å². The highest BCUT2D eigenvalue weighted by atomic mass is 32.1. The number of aryl methyl sites for hydroxylation is 1. The fourth-order valence-electron chi connectivity index (χ4n) is 4.51. The summed E-state index contributed by atoms with van der Waals surface area (Å²) in [6, 6.07) is 6.90. The van der Waals surface area contributed by atoms with Gasteiger partial charge in [0.25, 0.3) is 5.91 Å². The number of nitrogens with zero attached hydrogens (tertiary/aromatic N) is 2. The first kappa shape index (κ1) is 23.1. The largest absolute Gasteiger partial charge is 0.573 e. The lowest BCUT2D eigenvalue weighted by Crippen LogP contribution is -2.31. The first-order valence-corrected chi connectivity index (χ1v) is 11.7. The van der Waals surface area contributed by atoms with Crippen molar-refractivity contribution < 1.29 is 22.7 Å². The van der Waals surface area contributed by atoms with Gasteiger partial charge >= 0.3 is 6.36 Å². The van der Waals surface area contributed by atoms with Gasteiger partial charge in [-0.15, -0.1) is 24.5 Å². The Balaban J connectivity index is 1.64. The van der Waals surface area contributed by atoms with Crippen molar-refractivity contribution in [3.05, 3.63) is 40.3 Å². The van der Waals surface area contributed by atoms with Crippen molar-refractivity contribution in [2.24, 2.45) is 5.73 Å². The third-order valence-corrected chi connectivity index (χ3v) is 7.58. The molecular weight excluding hydrogens is 439 g/mol. The van der Waals surface area contributed by atoms with Gasteiger partial charge in [-0.25, -0.2) is 0 Å². The van der Waals surface area contributed by atoms with Crippen LogP contribution in [0.4, 0.5) is 13.2 Å². The van der Waals surface area contributed by atoms with E-state index in [0.29, 0.717) is 29.1 Å². The van der Waals surface area contributed by atoms with Gasteiger partial charge in [-0.05, 0) is 81.1 Å². The van der Waals surface area contributed by atoms with Gasteiger partial charge < -0.3 is 20.3 Å². The van der Waals surface area contributed by atoms with Gasteiger partial charge in [-0.1, -0.05) is 12.1 Å². The fourth-order valence-corrected chi connectivity index (χ4v) is 5.65. The summed E-state index contributed by atoms with van der Waals surface area (Å²) in [6.07, 6.45) is -2.41. The van der Waals surface area contributed by atoms with Crippen LogP contribution in [0.25, 0.3) is 10.4 Å². The zero-order valence-corrected chi connectivity index (χ0v) is 19.1. The summed E-state index contributed by atoms with van der Waals surface area (Å²) < 4.78 is 44.0. The maximum atomic E-state index is 13.2. The molecule has 174 valence electrons. The van der Waals surface area contributed by atoms with Crippen molar-refractivity contribution in [3.8, 4) is 16.2 Å². The summed E-state index contributed by atoms with van der Waals surface area (Å²) in [6.45, 7) is 4.69. The molecule has 2 saturated heterocycles.